The van der Waals surface area contributed by atoms with E-state index in [1.807, 2.05) is 25.2 Å². The molecule has 2 nitrogen and oxygen atoms in total. The van der Waals surface area contributed by atoms with Crippen LogP contribution in [-0.4, -0.2) is 13.0 Å². The second-order valence-corrected chi connectivity index (χ2v) is 7.07. The Kier molecular flexibility index (Phi) is 4.08. The number of nitrogens with zero attached hydrogens (tertiary/aromatic N) is 1. The third kappa shape index (κ3) is 2.74. The number of hydrogen-bond donors (Lipinski definition) is 0. The first-order valence-corrected chi connectivity index (χ1v) is 8.49. The number of benzene rings is 2. The molecule has 0 atom stereocenters. The van der Waals surface area contributed by atoms with Crippen LogP contribution in [0.4, 0.5) is 5.69 Å². The molecular weight excluding hydrogens is 393 g/mol. The summed E-state index contributed by atoms with van der Waals surface area (Å²) < 4.78 is 0.764. The number of carbonyl (C=O) groups excluding carboxylic acids is 1. The molecule has 3 rings (SSSR count). The maximum absolute atomic E-state index is 12.6. The van der Waals surface area contributed by atoms with Crippen LogP contribution in [0.1, 0.15) is 11.1 Å². The van der Waals surface area contributed by atoms with Crippen LogP contribution in [0.15, 0.2) is 57.0 Å². The van der Waals surface area contributed by atoms with Gasteiger partial charge in [0.1, 0.15) is 0 Å². The van der Waals surface area contributed by atoms with Gasteiger partial charge in [-0.05, 0) is 47.2 Å². The Hall–Kier alpha value is -1.27. The largest absolute Gasteiger partial charge is 0.310 e. The minimum absolute atomic E-state index is 0.0450. The van der Waals surface area contributed by atoms with Crippen LogP contribution < -0.4 is 4.90 Å². The van der Waals surface area contributed by atoms with Gasteiger partial charge in [0.15, 0.2) is 0 Å². The van der Waals surface area contributed by atoms with E-state index in [4.69, 9.17) is 0 Å². The summed E-state index contributed by atoms with van der Waals surface area (Å²) in [6.45, 7) is 2.07. The summed E-state index contributed by atoms with van der Waals surface area (Å²) in [7, 11) is 1.83. The van der Waals surface area contributed by atoms with E-state index in [9.17, 15) is 4.79 Å². The molecule has 0 unspecified atom stereocenters. The highest BCUT2D eigenvalue weighted by Gasteiger charge is 2.26. The van der Waals surface area contributed by atoms with Crippen molar-refractivity contribution in [1.82, 2.24) is 0 Å². The summed E-state index contributed by atoms with van der Waals surface area (Å²) in [5.41, 5.74) is 3.27. The maximum atomic E-state index is 12.6. The van der Waals surface area contributed by atoms with E-state index < -0.39 is 0 Å². The predicted octanol–water partition coefficient (Wildman–Crippen LogP) is 4.87. The number of hydrogen-bond acceptors (Lipinski definition) is 2. The van der Waals surface area contributed by atoms with Crippen molar-refractivity contribution in [2.45, 2.75) is 11.8 Å². The second-order valence-electron chi connectivity index (χ2n) is 4.94. The van der Waals surface area contributed by atoms with Crippen LogP contribution in [0.2, 0.25) is 0 Å². The summed E-state index contributed by atoms with van der Waals surface area (Å²) in [4.78, 5) is 16.5. The van der Waals surface area contributed by atoms with Crippen LogP contribution in [-0.2, 0) is 4.79 Å². The molecular formula is C17H14INOS. The van der Waals surface area contributed by atoms with Gasteiger partial charge in [-0.25, -0.2) is 0 Å². The number of halogens is 1. The number of anilines is 1. The van der Waals surface area contributed by atoms with Crippen molar-refractivity contribution >= 4 is 50.9 Å². The van der Waals surface area contributed by atoms with E-state index >= 15 is 0 Å². The van der Waals surface area contributed by atoms with Crippen molar-refractivity contribution in [1.29, 1.82) is 0 Å². The smallest absolute Gasteiger partial charge is 0.265 e. The third-order valence-corrected chi connectivity index (χ3v) is 6.02. The van der Waals surface area contributed by atoms with Crippen LogP contribution in [0.25, 0.3) is 4.91 Å². The number of likely N-dealkylation sites (N-methyl/N-ethyl adjacent to an activating group) is 1. The summed E-state index contributed by atoms with van der Waals surface area (Å²) in [6.07, 6.45) is 0. The van der Waals surface area contributed by atoms with Gasteiger partial charge in [0.25, 0.3) is 5.91 Å². The number of para-hydroxylation sites is 1. The lowest BCUT2D eigenvalue weighted by atomic mass is 10.1. The number of thioether (sulfide) groups is 1. The van der Waals surface area contributed by atoms with Crippen LogP contribution in [0.3, 0.4) is 0 Å². The zero-order valence-corrected chi connectivity index (χ0v) is 14.7. The Labute approximate surface area is 142 Å². The van der Waals surface area contributed by atoms with Gasteiger partial charge in [-0.2, -0.15) is 0 Å². The van der Waals surface area contributed by atoms with Gasteiger partial charge in [-0.15, -0.1) is 0 Å². The zero-order valence-electron chi connectivity index (χ0n) is 11.8. The Morgan fingerprint density at radius 3 is 2.43 bits per heavy atom. The molecule has 1 aliphatic rings. The number of rotatable bonds is 1. The van der Waals surface area contributed by atoms with Crippen LogP contribution in [0.5, 0.6) is 0 Å². The SMILES string of the molecule is Cc1ccc(C2=C(I)C(=O)N(C)c3ccccc3S2)cc1. The first-order chi connectivity index (χ1) is 10.1. The van der Waals surface area contributed by atoms with E-state index in [-0.39, 0.29) is 5.91 Å². The maximum Gasteiger partial charge on any atom is 0.265 e. The minimum atomic E-state index is 0.0450. The molecule has 0 spiro atoms. The lowest BCUT2D eigenvalue weighted by Gasteiger charge is -2.16. The number of aryl methyl sites for hydroxylation is 1. The fraction of sp³-hybridized carbons (Fsp3) is 0.118. The van der Waals surface area contributed by atoms with E-state index in [1.54, 1.807) is 16.7 Å². The molecule has 1 heterocycles. The lowest BCUT2D eigenvalue weighted by molar-refractivity contribution is -0.114. The van der Waals surface area contributed by atoms with Crippen molar-refractivity contribution in [2.75, 3.05) is 11.9 Å². The van der Waals surface area contributed by atoms with E-state index in [1.165, 1.54) is 5.56 Å². The molecule has 0 bridgehead atoms. The minimum Gasteiger partial charge on any atom is -0.310 e. The molecule has 1 aliphatic heterocycles. The Morgan fingerprint density at radius 1 is 1.05 bits per heavy atom. The third-order valence-electron chi connectivity index (χ3n) is 3.44. The molecule has 0 fully saturated rings. The first-order valence-electron chi connectivity index (χ1n) is 6.59. The fourth-order valence-electron chi connectivity index (χ4n) is 2.22. The summed E-state index contributed by atoms with van der Waals surface area (Å²) in [5, 5.41) is 0. The number of carbonyl (C=O) groups is 1. The summed E-state index contributed by atoms with van der Waals surface area (Å²) in [6, 6.07) is 16.3. The highest BCUT2D eigenvalue weighted by molar-refractivity contribution is 14.1. The molecule has 106 valence electrons. The van der Waals surface area contributed by atoms with Gasteiger partial charge < -0.3 is 4.90 Å². The molecule has 21 heavy (non-hydrogen) atoms. The summed E-state index contributed by atoms with van der Waals surface area (Å²) in [5.74, 6) is 0.0450. The van der Waals surface area contributed by atoms with Crippen molar-refractivity contribution in [3.63, 3.8) is 0 Å². The topological polar surface area (TPSA) is 20.3 Å². The molecule has 0 N–H and O–H groups in total. The fourth-order valence-corrected chi connectivity index (χ4v) is 4.33. The molecule has 0 radical (unpaired) electrons. The zero-order chi connectivity index (χ0) is 15.0. The standard InChI is InChI=1S/C17H14INOS/c1-11-7-9-12(10-8-11)16-15(18)17(20)19(2)13-5-3-4-6-14(13)21-16/h3-10H,1-2H3. The van der Waals surface area contributed by atoms with Crippen molar-refractivity contribution in [3.05, 3.63) is 63.2 Å². The average Bonchev–Trinajstić information content (AvgIpc) is 2.60. The Morgan fingerprint density at radius 2 is 1.71 bits per heavy atom. The van der Waals surface area contributed by atoms with Crippen LogP contribution in [0, 0.1) is 6.92 Å². The second kappa shape index (κ2) is 5.85. The molecule has 2 aromatic carbocycles. The lowest BCUT2D eigenvalue weighted by Crippen LogP contribution is -2.25. The van der Waals surface area contributed by atoms with Gasteiger partial charge >= 0.3 is 0 Å². The van der Waals surface area contributed by atoms with Crippen molar-refractivity contribution in [2.24, 2.45) is 0 Å². The van der Waals surface area contributed by atoms with Gasteiger partial charge in [-0.3, -0.25) is 4.79 Å². The van der Waals surface area contributed by atoms with Gasteiger partial charge in [-0.1, -0.05) is 53.7 Å². The first kappa shape index (κ1) is 14.7. The molecule has 4 heteroatoms. The predicted molar refractivity (Wildman–Crippen MR) is 97.8 cm³/mol. The molecule has 2 aromatic rings. The summed E-state index contributed by atoms with van der Waals surface area (Å²) >= 11 is 3.82. The van der Waals surface area contributed by atoms with E-state index in [2.05, 4.69) is 59.8 Å². The molecule has 0 saturated carbocycles. The van der Waals surface area contributed by atoms with Crippen molar-refractivity contribution < 1.29 is 4.79 Å². The molecule has 1 amide bonds. The quantitative estimate of drug-likeness (QED) is 0.629. The monoisotopic (exact) mass is 407 g/mol. The van der Waals surface area contributed by atoms with Gasteiger partial charge in [0.05, 0.1) is 9.27 Å². The number of amides is 1. The normalized spacial score (nSPS) is 15.0. The average molecular weight is 407 g/mol. The van der Waals surface area contributed by atoms with Gasteiger partial charge in [0, 0.05) is 16.8 Å². The highest BCUT2D eigenvalue weighted by atomic mass is 127. The van der Waals surface area contributed by atoms with Crippen molar-refractivity contribution in [3.8, 4) is 0 Å². The number of fused-ring (bicyclic) bond motifs is 1. The molecule has 0 aliphatic carbocycles. The Bertz CT molecular complexity index is 737. The molecule has 0 aromatic heterocycles. The Balaban J connectivity index is 2.15. The van der Waals surface area contributed by atoms with E-state index in [0.29, 0.717) is 0 Å². The van der Waals surface area contributed by atoms with Crippen LogP contribution >= 0.6 is 34.4 Å². The molecule has 0 saturated heterocycles. The van der Waals surface area contributed by atoms with Gasteiger partial charge in [0.2, 0.25) is 0 Å². The van der Waals surface area contributed by atoms with E-state index in [0.717, 1.165) is 24.6 Å². The highest BCUT2D eigenvalue weighted by Crippen LogP contribution is 2.45.